The highest BCUT2D eigenvalue weighted by atomic mass is 16.1. The van der Waals surface area contributed by atoms with E-state index in [-0.39, 0.29) is 5.56 Å². The summed E-state index contributed by atoms with van der Waals surface area (Å²) in [6.07, 6.45) is 9.40. The molecule has 3 aromatic heterocycles. The van der Waals surface area contributed by atoms with Crippen molar-refractivity contribution in [1.82, 2.24) is 34.6 Å². The van der Waals surface area contributed by atoms with Crippen LogP contribution < -0.4 is 5.56 Å². The van der Waals surface area contributed by atoms with E-state index in [1.807, 2.05) is 47.4 Å². The second kappa shape index (κ2) is 7.40. The minimum Gasteiger partial charge on any atom is -0.306 e. The van der Waals surface area contributed by atoms with Crippen LogP contribution in [0.25, 0.3) is 17.1 Å². The van der Waals surface area contributed by atoms with Gasteiger partial charge in [0, 0.05) is 50.2 Å². The fourth-order valence-electron chi connectivity index (χ4n) is 3.60. The van der Waals surface area contributed by atoms with Gasteiger partial charge in [0.25, 0.3) is 5.56 Å². The third kappa shape index (κ3) is 3.57. The van der Waals surface area contributed by atoms with E-state index in [0.29, 0.717) is 17.9 Å². The number of nitrogens with zero attached hydrogens (tertiary/aromatic N) is 6. The molecule has 144 valence electrons. The molecule has 0 fully saturated rings. The van der Waals surface area contributed by atoms with Crippen molar-refractivity contribution in [2.45, 2.75) is 19.5 Å². The lowest BCUT2D eigenvalue weighted by molar-refractivity contribution is 0.242. The SMILES string of the molecule is O=c1[nH]c(-c2cncnc2)nc2c1CN(Cc1cnn(-c3ccccc3)c1)CC2. The van der Waals surface area contributed by atoms with Gasteiger partial charge in [-0.25, -0.2) is 19.6 Å². The number of nitrogens with one attached hydrogen (secondary N) is 1. The van der Waals surface area contributed by atoms with Crippen LogP contribution in [0.2, 0.25) is 0 Å². The van der Waals surface area contributed by atoms with E-state index in [0.717, 1.165) is 42.0 Å². The number of fused-ring (bicyclic) bond motifs is 1. The Labute approximate surface area is 166 Å². The van der Waals surface area contributed by atoms with Gasteiger partial charge in [0.15, 0.2) is 0 Å². The maximum Gasteiger partial charge on any atom is 0.255 e. The number of aromatic nitrogens is 6. The average Bonchev–Trinajstić information content (AvgIpc) is 3.24. The monoisotopic (exact) mass is 385 g/mol. The van der Waals surface area contributed by atoms with Gasteiger partial charge >= 0.3 is 0 Å². The number of benzene rings is 1. The van der Waals surface area contributed by atoms with Crippen molar-refractivity contribution in [2.75, 3.05) is 6.54 Å². The molecule has 1 aromatic carbocycles. The molecule has 8 nitrogen and oxygen atoms in total. The number of H-pyrrole nitrogens is 1. The van der Waals surface area contributed by atoms with Crippen molar-refractivity contribution in [3.8, 4) is 17.1 Å². The summed E-state index contributed by atoms with van der Waals surface area (Å²) in [5.74, 6) is 0.520. The van der Waals surface area contributed by atoms with Crippen LogP contribution in [-0.4, -0.2) is 41.2 Å². The van der Waals surface area contributed by atoms with Crippen LogP contribution in [0, 0.1) is 0 Å². The summed E-state index contributed by atoms with van der Waals surface area (Å²) in [5.41, 5.74) is 4.33. The van der Waals surface area contributed by atoms with E-state index in [9.17, 15) is 4.79 Å². The average molecular weight is 385 g/mol. The highest BCUT2D eigenvalue weighted by Gasteiger charge is 2.22. The van der Waals surface area contributed by atoms with E-state index in [1.165, 1.54) is 6.33 Å². The summed E-state index contributed by atoms with van der Waals surface area (Å²) >= 11 is 0. The summed E-state index contributed by atoms with van der Waals surface area (Å²) in [6, 6.07) is 10.0. The lowest BCUT2D eigenvalue weighted by Crippen LogP contribution is -2.35. The fraction of sp³-hybridized carbons (Fsp3) is 0.190. The van der Waals surface area contributed by atoms with E-state index in [2.05, 4.69) is 29.9 Å². The Balaban J connectivity index is 1.34. The van der Waals surface area contributed by atoms with E-state index < -0.39 is 0 Å². The second-order valence-corrected chi connectivity index (χ2v) is 7.06. The first-order chi connectivity index (χ1) is 14.3. The Hall–Kier alpha value is -3.65. The molecule has 0 aliphatic carbocycles. The molecule has 0 saturated heterocycles. The highest BCUT2D eigenvalue weighted by Crippen LogP contribution is 2.19. The summed E-state index contributed by atoms with van der Waals surface area (Å²) in [6.45, 7) is 2.14. The standard InChI is InChI=1S/C21H19N7O/c29-21-18-13-27(11-15-8-24-28(12-15)17-4-2-1-3-5-17)7-6-19(18)25-20(26-21)16-9-22-14-23-10-16/h1-5,8-10,12,14H,6-7,11,13H2,(H,25,26,29). The lowest BCUT2D eigenvalue weighted by atomic mass is 10.1. The normalized spacial score (nSPS) is 13.9. The molecular weight excluding hydrogens is 366 g/mol. The molecule has 1 aliphatic rings. The number of hydrogen-bond donors (Lipinski definition) is 1. The quantitative estimate of drug-likeness (QED) is 0.577. The first-order valence-electron chi connectivity index (χ1n) is 9.45. The van der Waals surface area contributed by atoms with Crippen LogP contribution in [-0.2, 0) is 19.5 Å². The van der Waals surface area contributed by atoms with Crippen molar-refractivity contribution >= 4 is 0 Å². The Morgan fingerprint density at radius 1 is 1.07 bits per heavy atom. The van der Waals surface area contributed by atoms with Gasteiger partial charge in [0.1, 0.15) is 12.2 Å². The van der Waals surface area contributed by atoms with Crippen LogP contribution in [0.5, 0.6) is 0 Å². The molecular formula is C21H19N7O. The zero-order chi connectivity index (χ0) is 19.6. The van der Waals surface area contributed by atoms with Crippen LogP contribution in [0.3, 0.4) is 0 Å². The Morgan fingerprint density at radius 2 is 1.90 bits per heavy atom. The molecule has 8 heteroatoms. The fourth-order valence-corrected chi connectivity index (χ4v) is 3.60. The molecule has 0 radical (unpaired) electrons. The molecule has 0 bridgehead atoms. The summed E-state index contributed by atoms with van der Waals surface area (Å²) in [7, 11) is 0. The molecule has 0 saturated carbocycles. The van der Waals surface area contributed by atoms with Gasteiger partial charge in [-0.1, -0.05) is 18.2 Å². The van der Waals surface area contributed by atoms with Crippen LogP contribution in [0.4, 0.5) is 0 Å². The first-order valence-corrected chi connectivity index (χ1v) is 9.45. The van der Waals surface area contributed by atoms with Crippen LogP contribution >= 0.6 is 0 Å². The maximum absolute atomic E-state index is 12.7. The number of rotatable bonds is 4. The Morgan fingerprint density at radius 3 is 2.72 bits per heavy atom. The van der Waals surface area contributed by atoms with Gasteiger partial charge in [-0.05, 0) is 12.1 Å². The van der Waals surface area contributed by atoms with Crippen molar-refractivity contribution < 1.29 is 0 Å². The van der Waals surface area contributed by atoms with Gasteiger partial charge in [0.2, 0.25) is 0 Å². The van der Waals surface area contributed by atoms with Crippen molar-refractivity contribution in [3.05, 3.63) is 88.6 Å². The number of para-hydroxylation sites is 1. The van der Waals surface area contributed by atoms with Crippen molar-refractivity contribution in [1.29, 1.82) is 0 Å². The molecule has 29 heavy (non-hydrogen) atoms. The number of aromatic amines is 1. The second-order valence-electron chi connectivity index (χ2n) is 7.06. The first kappa shape index (κ1) is 17.4. The third-order valence-corrected chi connectivity index (χ3v) is 5.04. The minimum atomic E-state index is -0.0986. The smallest absolute Gasteiger partial charge is 0.255 e. The molecule has 0 spiro atoms. The van der Waals surface area contributed by atoms with Gasteiger partial charge in [-0.15, -0.1) is 0 Å². The molecule has 4 heterocycles. The molecule has 4 aromatic rings. The van der Waals surface area contributed by atoms with Gasteiger partial charge in [-0.3, -0.25) is 9.69 Å². The Bertz CT molecular complexity index is 1180. The summed E-state index contributed by atoms with van der Waals surface area (Å²) in [5, 5.41) is 4.46. The predicted molar refractivity (Wildman–Crippen MR) is 107 cm³/mol. The zero-order valence-electron chi connectivity index (χ0n) is 15.7. The molecule has 1 N–H and O–H groups in total. The van der Waals surface area contributed by atoms with Crippen molar-refractivity contribution in [3.63, 3.8) is 0 Å². The van der Waals surface area contributed by atoms with E-state index >= 15 is 0 Å². The third-order valence-electron chi connectivity index (χ3n) is 5.04. The lowest BCUT2D eigenvalue weighted by Gasteiger charge is -2.27. The summed E-state index contributed by atoms with van der Waals surface area (Å²) in [4.78, 5) is 30.4. The topological polar surface area (TPSA) is 92.6 Å². The van der Waals surface area contributed by atoms with Crippen LogP contribution in [0.1, 0.15) is 16.8 Å². The largest absolute Gasteiger partial charge is 0.306 e. The summed E-state index contributed by atoms with van der Waals surface area (Å²) < 4.78 is 1.87. The van der Waals surface area contributed by atoms with Gasteiger partial charge in [0.05, 0.1) is 28.7 Å². The molecule has 5 rings (SSSR count). The highest BCUT2D eigenvalue weighted by molar-refractivity contribution is 5.52. The zero-order valence-corrected chi connectivity index (χ0v) is 15.7. The maximum atomic E-state index is 12.7. The molecule has 0 amide bonds. The Kier molecular flexibility index (Phi) is 4.45. The van der Waals surface area contributed by atoms with Crippen molar-refractivity contribution in [2.24, 2.45) is 0 Å². The minimum absolute atomic E-state index is 0.0986. The van der Waals surface area contributed by atoms with E-state index in [1.54, 1.807) is 12.4 Å². The van der Waals surface area contributed by atoms with Gasteiger partial charge < -0.3 is 4.98 Å². The number of hydrogen-bond acceptors (Lipinski definition) is 6. The molecule has 1 aliphatic heterocycles. The van der Waals surface area contributed by atoms with Crippen LogP contribution in [0.15, 0.2) is 66.2 Å². The molecule has 0 atom stereocenters. The van der Waals surface area contributed by atoms with Gasteiger partial charge in [-0.2, -0.15) is 5.10 Å². The molecule has 0 unspecified atom stereocenters. The van der Waals surface area contributed by atoms with E-state index in [4.69, 9.17) is 0 Å². The predicted octanol–water partition coefficient (Wildman–Crippen LogP) is 1.97.